The van der Waals surface area contributed by atoms with Gasteiger partial charge in [-0.05, 0) is 33.4 Å². The second kappa shape index (κ2) is 6.38. The smallest absolute Gasteiger partial charge is 0.138 e. The highest BCUT2D eigenvalue weighted by Gasteiger charge is 2.12. The van der Waals surface area contributed by atoms with E-state index in [0.29, 0.717) is 0 Å². The largest absolute Gasteiger partial charge is 0.361 e. The second-order valence-electron chi connectivity index (χ2n) is 6.09. The van der Waals surface area contributed by atoms with Gasteiger partial charge in [-0.2, -0.15) is 5.10 Å². The Hall–Kier alpha value is -2.40. The first-order valence-corrected chi connectivity index (χ1v) is 7.72. The zero-order valence-electron chi connectivity index (χ0n) is 14.1. The van der Waals surface area contributed by atoms with Gasteiger partial charge in [0.25, 0.3) is 0 Å². The summed E-state index contributed by atoms with van der Waals surface area (Å²) in [6.45, 7) is 7.53. The minimum Gasteiger partial charge on any atom is -0.361 e. The summed E-state index contributed by atoms with van der Waals surface area (Å²) in [5.41, 5.74) is 5.69. The molecule has 23 heavy (non-hydrogen) atoms. The normalized spacial score (nSPS) is 11.3. The van der Waals surface area contributed by atoms with E-state index in [9.17, 15) is 0 Å². The van der Waals surface area contributed by atoms with Crippen molar-refractivity contribution in [3.05, 3.63) is 59.2 Å². The average Bonchev–Trinajstić information content (AvgIpc) is 3.10. The number of nitrogens with zero attached hydrogens (tertiary/aromatic N) is 4. The van der Waals surface area contributed by atoms with Gasteiger partial charge in [-0.1, -0.05) is 35.0 Å². The fraction of sp³-hybridized carbons (Fsp3) is 0.333. The number of hydrogen-bond acceptors (Lipinski definition) is 4. The Morgan fingerprint density at radius 1 is 1.09 bits per heavy atom. The molecule has 0 saturated carbocycles. The molecule has 0 saturated heterocycles. The number of hydrogen-bond donors (Lipinski definition) is 0. The summed E-state index contributed by atoms with van der Waals surface area (Å²) in [5, 5.41) is 8.47. The predicted molar refractivity (Wildman–Crippen MR) is 89.8 cm³/mol. The van der Waals surface area contributed by atoms with Gasteiger partial charge in [0.1, 0.15) is 5.76 Å². The van der Waals surface area contributed by atoms with Gasteiger partial charge in [0.15, 0.2) is 0 Å². The first-order valence-electron chi connectivity index (χ1n) is 7.72. The van der Waals surface area contributed by atoms with E-state index in [1.54, 1.807) is 0 Å². The molecule has 0 atom stereocenters. The second-order valence-corrected chi connectivity index (χ2v) is 6.09. The molecule has 1 aromatic carbocycles. The minimum atomic E-state index is 0.718. The van der Waals surface area contributed by atoms with Crippen LogP contribution in [0, 0.1) is 20.8 Å². The quantitative estimate of drug-likeness (QED) is 0.723. The molecule has 0 aliphatic carbocycles. The Kier molecular flexibility index (Phi) is 4.30. The van der Waals surface area contributed by atoms with Crippen molar-refractivity contribution in [1.82, 2.24) is 19.8 Å². The lowest BCUT2D eigenvalue weighted by atomic mass is 10.1. The van der Waals surface area contributed by atoms with Gasteiger partial charge in [0.05, 0.1) is 18.6 Å². The molecule has 0 bridgehead atoms. The number of rotatable bonds is 5. The summed E-state index contributed by atoms with van der Waals surface area (Å²) in [7, 11) is 2.07. The molecule has 5 nitrogen and oxygen atoms in total. The van der Waals surface area contributed by atoms with Crippen LogP contribution in [0.25, 0.3) is 11.1 Å². The van der Waals surface area contributed by atoms with E-state index in [2.05, 4.69) is 59.6 Å². The van der Waals surface area contributed by atoms with Crippen LogP contribution in [0.2, 0.25) is 0 Å². The summed E-state index contributed by atoms with van der Waals surface area (Å²) < 4.78 is 7.17. The van der Waals surface area contributed by atoms with Crippen molar-refractivity contribution in [3.63, 3.8) is 0 Å². The van der Waals surface area contributed by atoms with E-state index in [0.717, 1.165) is 35.8 Å². The first kappa shape index (κ1) is 15.5. The Morgan fingerprint density at radius 2 is 1.83 bits per heavy atom. The highest BCUT2D eigenvalue weighted by Crippen LogP contribution is 2.19. The summed E-state index contributed by atoms with van der Waals surface area (Å²) in [4.78, 5) is 2.19. The van der Waals surface area contributed by atoms with Crippen LogP contribution in [0.3, 0.4) is 0 Å². The Labute approximate surface area is 136 Å². The molecule has 3 rings (SSSR count). The van der Waals surface area contributed by atoms with Crippen molar-refractivity contribution >= 4 is 0 Å². The van der Waals surface area contributed by atoms with Gasteiger partial charge in [0.2, 0.25) is 0 Å². The zero-order chi connectivity index (χ0) is 16.4. The summed E-state index contributed by atoms with van der Waals surface area (Å²) in [6, 6.07) is 8.50. The van der Waals surface area contributed by atoms with E-state index in [1.807, 2.05) is 24.7 Å². The maximum Gasteiger partial charge on any atom is 0.138 e. The Morgan fingerprint density at radius 3 is 2.48 bits per heavy atom. The lowest BCUT2D eigenvalue weighted by Gasteiger charge is -2.16. The summed E-state index contributed by atoms with van der Waals surface area (Å²) >= 11 is 0. The van der Waals surface area contributed by atoms with Crippen LogP contribution < -0.4 is 0 Å². The first-order chi connectivity index (χ1) is 11.0. The molecule has 0 spiro atoms. The van der Waals surface area contributed by atoms with Crippen LogP contribution in [0.5, 0.6) is 0 Å². The van der Waals surface area contributed by atoms with Gasteiger partial charge >= 0.3 is 0 Å². The molecule has 2 heterocycles. The molecule has 0 aliphatic rings. The third kappa shape index (κ3) is 3.51. The number of benzene rings is 1. The molecule has 0 unspecified atom stereocenters. The molecule has 0 radical (unpaired) electrons. The van der Waals surface area contributed by atoms with Crippen LogP contribution in [-0.4, -0.2) is 26.9 Å². The Balaban J connectivity index is 1.68. The lowest BCUT2D eigenvalue weighted by molar-refractivity contribution is 0.244. The molecule has 0 fully saturated rings. The summed E-state index contributed by atoms with van der Waals surface area (Å²) in [6.07, 6.45) is 3.99. The third-order valence-corrected chi connectivity index (χ3v) is 4.01. The topological polar surface area (TPSA) is 47.1 Å². The van der Waals surface area contributed by atoms with Gasteiger partial charge in [0, 0.05) is 23.9 Å². The van der Waals surface area contributed by atoms with Crippen molar-refractivity contribution in [1.29, 1.82) is 0 Å². The highest BCUT2D eigenvalue weighted by atomic mass is 16.5. The van der Waals surface area contributed by atoms with Gasteiger partial charge in [-0.3, -0.25) is 9.58 Å². The van der Waals surface area contributed by atoms with Crippen LogP contribution >= 0.6 is 0 Å². The molecule has 0 N–H and O–H groups in total. The molecule has 3 aromatic rings. The van der Waals surface area contributed by atoms with E-state index in [1.165, 1.54) is 11.1 Å². The van der Waals surface area contributed by atoms with Crippen molar-refractivity contribution in [2.45, 2.75) is 34.0 Å². The predicted octanol–water partition coefficient (Wildman–Crippen LogP) is 3.55. The molecule has 0 amide bonds. The van der Waals surface area contributed by atoms with E-state index < -0.39 is 0 Å². The number of aryl methyl sites for hydroxylation is 3. The van der Waals surface area contributed by atoms with E-state index in [-0.39, 0.29) is 0 Å². The van der Waals surface area contributed by atoms with Crippen molar-refractivity contribution < 1.29 is 4.52 Å². The standard InChI is InChI=1S/C18H22N4O/c1-13-5-7-16(8-6-13)17-9-19-22(10-17)12-21(4)11-18-14(2)20-23-15(18)3/h5-10H,11-12H2,1-4H3. The molecule has 120 valence electrons. The molecular formula is C18H22N4O. The SMILES string of the molecule is Cc1ccc(-c2cnn(CN(C)Cc3c(C)noc3C)c2)cc1. The van der Waals surface area contributed by atoms with Crippen molar-refractivity contribution in [3.8, 4) is 11.1 Å². The monoisotopic (exact) mass is 310 g/mol. The third-order valence-electron chi connectivity index (χ3n) is 4.01. The van der Waals surface area contributed by atoms with Crippen molar-refractivity contribution in [2.24, 2.45) is 0 Å². The van der Waals surface area contributed by atoms with Crippen molar-refractivity contribution in [2.75, 3.05) is 7.05 Å². The van der Waals surface area contributed by atoms with Gasteiger partial charge in [-0.25, -0.2) is 0 Å². The van der Waals surface area contributed by atoms with Crippen LogP contribution in [0.15, 0.2) is 41.2 Å². The average molecular weight is 310 g/mol. The van der Waals surface area contributed by atoms with Crippen LogP contribution in [0.1, 0.15) is 22.6 Å². The fourth-order valence-corrected chi connectivity index (χ4v) is 2.63. The van der Waals surface area contributed by atoms with Gasteiger partial charge < -0.3 is 4.52 Å². The minimum absolute atomic E-state index is 0.718. The van der Waals surface area contributed by atoms with E-state index in [4.69, 9.17) is 4.52 Å². The van der Waals surface area contributed by atoms with Crippen LogP contribution in [0.4, 0.5) is 0 Å². The van der Waals surface area contributed by atoms with E-state index >= 15 is 0 Å². The molecular weight excluding hydrogens is 288 g/mol. The maximum atomic E-state index is 5.22. The Bertz CT molecular complexity index is 766. The molecule has 0 aliphatic heterocycles. The van der Waals surface area contributed by atoms with Gasteiger partial charge in [-0.15, -0.1) is 0 Å². The number of aromatic nitrogens is 3. The van der Waals surface area contributed by atoms with Crippen LogP contribution in [-0.2, 0) is 13.2 Å². The highest BCUT2D eigenvalue weighted by molar-refractivity contribution is 5.61. The molecule has 5 heteroatoms. The summed E-state index contributed by atoms with van der Waals surface area (Å²) in [5.74, 6) is 0.884. The molecule has 2 aromatic heterocycles. The fourth-order valence-electron chi connectivity index (χ4n) is 2.63. The maximum absolute atomic E-state index is 5.22. The lowest BCUT2D eigenvalue weighted by Crippen LogP contribution is -2.22. The zero-order valence-corrected chi connectivity index (χ0v) is 14.1.